The predicted molar refractivity (Wildman–Crippen MR) is 148 cm³/mol. The van der Waals surface area contributed by atoms with Crippen LogP contribution < -0.4 is 11.1 Å². The number of amides is 1. The fourth-order valence-electron chi connectivity index (χ4n) is 5.61. The van der Waals surface area contributed by atoms with Crippen LogP contribution in [0.25, 0.3) is 16.8 Å². The molecule has 2 aliphatic rings. The van der Waals surface area contributed by atoms with Gasteiger partial charge in [0.1, 0.15) is 34.9 Å². The van der Waals surface area contributed by atoms with E-state index in [1.165, 1.54) is 12.1 Å². The summed E-state index contributed by atoms with van der Waals surface area (Å²) in [6.07, 6.45) is 3.16. The molecule has 0 saturated carbocycles. The lowest BCUT2D eigenvalue weighted by atomic mass is 9.84. The van der Waals surface area contributed by atoms with Gasteiger partial charge in [-0.2, -0.15) is 0 Å². The Morgan fingerprint density at radius 2 is 1.98 bits per heavy atom. The van der Waals surface area contributed by atoms with E-state index in [0.717, 1.165) is 37.0 Å². The third-order valence-electron chi connectivity index (χ3n) is 7.96. The second-order valence-electron chi connectivity index (χ2n) is 11.0. The highest BCUT2D eigenvalue weighted by atomic mass is 19.3. The number of aliphatic hydroxyl groups is 1. The van der Waals surface area contributed by atoms with Crippen LogP contribution in [0.15, 0.2) is 55.0 Å². The lowest BCUT2D eigenvalue weighted by Crippen LogP contribution is -2.58. The number of fused-ring (bicyclic) bond motifs is 1. The van der Waals surface area contributed by atoms with Gasteiger partial charge in [-0.15, -0.1) is 0 Å². The number of carbonyl (C=O) groups is 1. The fourth-order valence-corrected chi connectivity index (χ4v) is 5.61. The average molecular weight is 564 g/mol. The minimum Gasteiger partial charge on any atom is -0.382 e. The molecule has 1 unspecified atom stereocenters. The van der Waals surface area contributed by atoms with Gasteiger partial charge in [-0.3, -0.25) is 14.1 Å². The van der Waals surface area contributed by atoms with Gasteiger partial charge < -0.3 is 20.9 Å². The standard InChI is InChI=1S/C29H31F2N7O3/c1-29(15-41-16-29)28(40)37-11-2-3-20(14-37)26-36-22(23-25(32)33-10-12-38(23)26)17-4-6-18(7-5-17)27(39)35-21-9-8-19(13-34-21)24(30)31/h4-10,12-13,20,24,28,40H,2-3,11,14-16H2,1H3,(H2,32,33)(H,34,35,39)/t20-,28?/m1/s1. The van der Waals surface area contributed by atoms with Crippen LogP contribution in [-0.2, 0) is 4.74 Å². The number of likely N-dealkylation sites (tertiary alicyclic amines) is 1. The van der Waals surface area contributed by atoms with Crippen LogP contribution in [-0.4, -0.2) is 67.8 Å². The lowest BCUT2D eigenvalue weighted by Gasteiger charge is -2.48. The second-order valence-corrected chi connectivity index (χ2v) is 11.0. The first kappa shape index (κ1) is 27.2. The number of halogens is 2. The number of aliphatic hydroxyl groups excluding tert-OH is 1. The molecule has 0 bridgehead atoms. The Bertz CT molecular complexity index is 1560. The first-order valence-corrected chi connectivity index (χ1v) is 13.5. The summed E-state index contributed by atoms with van der Waals surface area (Å²) in [7, 11) is 0. The van der Waals surface area contributed by atoms with Crippen molar-refractivity contribution in [3.63, 3.8) is 0 Å². The van der Waals surface area contributed by atoms with Crippen molar-refractivity contribution in [1.82, 2.24) is 24.3 Å². The van der Waals surface area contributed by atoms with E-state index in [1.807, 2.05) is 17.5 Å². The minimum atomic E-state index is -2.63. The summed E-state index contributed by atoms with van der Waals surface area (Å²) in [4.78, 5) is 28.1. The maximum Gasteiger partial charge on any atom is 0.265 e. The number of hydrogen-bond donors (Lipinski definition) is 3. The van der Waals surface area contributed by atoms with E-state index < -0.39 is 18.6 Å². The zero-order valence-corrected chi connectivity index (χ0v) is 22.5. The molecule has 2 atom stereocenters. The van der Waals surface area contributed by atoms with Crippen LogP contribution in [0.1, 0.15) is 53.9 Å². The Hall–Kier alpha value is -4.00. The van der Waals surface area contributed by atoms with Crippen molar-refractivity contribution in [3.8, 4) is 11.3 Å². The molecule has 0 spiro atoms. The maximum absolute atomic E-state index is 12.8. The van der Waals surface area contributed by atoms with Crippen molar-refractivity contribution in [1.29, 1.82) is 0 Å². The molecule has 6 rings (SSSR count). The number of rotatable bonds is 7. The zero-order valence-electron chi connectivity index (χ0n) is 22.5. The summed E-state index contributed by atoms with van der Waals surface area (Å²) in [5.41, 5.74) is 8.31. The number of imidazole rings is 1. The number of hydrogen-bond acceptors (Lipinski definition) is 8. The lowest BCUT2D eigenvalue weighted by molar-refractivity contribution is -0.209. The fraction of sp³-hybridized carbons (Fsp3) is 0.379. The number of carbonyl (C=O) groups excluding carboxylic acids is 1. The molecule has 0 radical (unpaired) electrons. The molecule has 12 heteroatoms. The molecule has 41 heavy (non-hydrogen) atoms. The highest BCUT2D eigenvalue weighted by Gasteiger charge is 2.44. The smallest absolute Gasteiger partial charge is 0.265 e. The summed E-state index contributed by atoms with van der Waals surface area (Å²) in [6, 6.07) is 9.47. The number of aromatic nitrogens is 4. The molecule has 2 saturated heterocycles. The van der Waals surface area contributed by atoms with Crippen LogP contribution in [0, 0.1) is 5.41 Å². The molecule has 2 fully saturated rings. The highest BCUT2D eigenvalue weighted by Crippen LogP contribution is 2.38. The first-order valence-electron chi connectivity index (χ1n) is 13.5. The van der Waals surface area contributed by atoms with Crippen LogP contribution in [0.2, 0.25) is 0 Å². The molecule has 5 heterocycles. The molecule has 1 aromatic carbocycles. The predicted octanol–water partition coefficient (Wildman–Crippen LogP) is 4.10. The van der Waals surface area contributed by atoms with Gasteiger partial charge in [0.05, 0.1) is 18.6 Å². The molecular formula is C29H31F2N7O3. The molecule has 1 amide bonds. The van der Waals surface area contributed by atoms with E-state index in [-0.39, 0.29) is 22.7 Å². The van der Waals surface area contributed by atoms with E-state index in [9.17, 15) is 18.7 Å². The summed E-state index contributed by atoms with van der Waals surface area (Å²) in [6.45, 7) is 4.60. The number of benzene rings is 1. The number of anilines is 2. The topological polar surface area (TPSA) is 131 Å². The van der Waals surface area contributed by atoms with Gasteiger partial charge in [-0.1, -0.05) is 19.1 Å². The third-order valence-corrected chi connectivity index (χ3v) is 7.96. The molecule has 4 N–H and O–H groups in total. The van der Waals surface area contributed by atoms with E-state index >= 15 is 0 Å². The highest BCUT2D eigenvalue weighted by molar-refractivity contribution is 6.04. The van der Waals surface area contributed by atoms with Gasteiger partial charge in [-0.25, -0.2) is 23.7 Å². The quantitative estimate of drug-likeness (QED) is 0.306. The van der Waals surface area contributed by atoms with Crippen LogP contribution >= 0.6 is 0 Å². The van der Waals surface area contributed by atoms with Crippen molar-refractivity contribution in [2.75, 3.05) is 37.4 Å². The SMILES string of the molecule is CC1(C(O)N2CCC[C@@H](c3nc(-c4ccc(C(=O)Nc5ccc(C(F)F)cn5)cc4)c4c(N)nccn34)C2)COC1. The van der Waals surface area contributed by atoms with Crippen molar-refractivity contribution in [3.05, 3.63) is 71.9 Å². The molecule has 3 aromatic heterocycles. The molecule has 0 aliphatic carbocycles. The third kappa shape index (κ3) is 5.14. The number of nitrogen functional groups attached to an aromatic ring is 1. The number of pyridine rings is 1. The van der Waals surface area contributed by atoms with Gasteiger partial charge in [0.2, 0.25) is 0 Å². The number of nitrogens with zero attached hydrogens (tertiary/aromatic N) is 5. The number of nitrogens with one attached hydrogen (secondary N) is 1. The number of ether oxygens (including phenoxy) is 1. The maximum atomic E-state index is 12.8. The van der Waals surface area contributed by atoms with Gasteiger partial charge >= 0.3 is 0 Å². The molecule has 2 aliphatic heterocycles. The van der Waals surface area contributed by atoms with Gasteiger partial charge in [0.25, 0.3) is 12.3 Å². The van der Waals surface area contributed by atoms with Crippen LogP contribution in [0.5, 0.6) is 0 Å². The Balaban J connectivity index is 1.25. The Morgan fingerprint density at radius 3 is 2.63 bits per heavy atom. The summed E-state index contributed by atoms with van der Waals surface area (Å²) in [5.74, 6) is 1.01. The van der Waals surface area contributed by atoms with Crippen molar-refractivity contribution >= 4 is 23.1 Å². The van der Waals surface area contributed by atoms with E-state index in [2.05, 4.69) is 20.2 Å². The average Bonchev–Trinajstić information content (AvgIpc) is 3.37. The van der Waals surface area contributed by atoms with Crippen molar-refractivity contribution in [2.24, 2.45) is 5.41 Å². The summed E-state index contributed by atoms with van der Waals surface area (Å²) >= 11 is 0. The van der Waals surface area contributed by atoms with Gasteiger partial charge in [-0.05, 0) is 37.1 Å². The molecule has 214 valence electrons. The monoisotopic (exact) mass is 563 g/mol. The van der Waals surface area contributed by atoms with E-state index in [0.29, 0.717) is 42.4 Å². The summed E-state index contributed by atoms with van der Waals surface area (Å²) < 4.78 is 32.9. The summed E-state index contributed by atoms with van der Waals surface area (Å²) in [5, 5.41) is 13.7. The molecule has 4 aromatic rings. The normalized spacial score (nSPS) is 19.7. The van der Waals surface area contributed by atoms with Crippen LogP contribution in [0.4, 0.5) is 20.4 Å². The van der Waals surface area contributed by atoms with E-state index in [1.54, 1.807) is 30.5 Å². The largest absolute Gasteiger partial charge is 0.382 e. The van der Waals surface area contributed by atoms with E-state index in [4.69, 9.17) is 15.5 Å². The number of alkyl halides is 2. The Labute approximate surface area is 235 Å². The van der Waals surface area contributed by atoms with Crippen molar-refractivity contribution in [2.45, 2.75) is 38.3 Å². The van der Waals surface area contributed by atoms with Gasteiger partial charge in [0, 0.05) is 54.3 Å². The zero-order chi connectivity index (χ0) is 28.7. The Morgan fingerprint density at radius 1 is 1.20 bits per heavy atom. The molecule has 10 nitrogen and oxygen atoms in total. The Kier molecular flexibility index (Phi) is 7.14. The van der Waals surface area contributed by atoms with Crippen molar-refractivity contribution < 1.29 is 23.4 Å². The minimum absolute atomic E-state index is 0.0695. The molecular weight excluding hydrogens is 532 g/mol. The van der Waals surface area contributed by atoms with Crippen LogP contribution in [0.3, 0.4) is 0 Å². The second kappa shape index (κ2) is 10.8. The number of piperidine rings is 1. The number of nitrogens with two attached hydrogens (primary N) is 1. The van der Waals surface area contributed by atoms with Gasteiger partial charge in [0.15, 0.2) is 0 Å². The first-order chi connectivity index (χ1) is 19.7.